The van der Waals surface area contributed by atoms with Gasteiger partial charge in [0.1, 0.15) is 16.4 Å². The van der Waals surface area contributed by atoms with Gasteiger partial charge in [0, 0.05) is 26.2 Å². The lowest BCUT2D eigenvalue weighted by atomic mass is 9.76. The average molecular weight is 303 g/mol. The van der Waals surface area contributed by atoms with Gasteiger partial charge >= 0.3 is 5.97 Å². The van der Waals surface area contributed by atoms with Crippen molar-refractivity contribution in [2.45, 2.75) is 13.0 Å². The van der Waals surface area contributed by atoms with Crippen LogP contribution in [-0.4, -0.2) is 52.6 Å². The molecule has 4 rings (SSSR count). The summed E-state index contributed by atoms with van der Waals surface area (Å²) in [4.78, 5) is 14.0. The molecule has 3 heterocycles. The highest BCUT2D eigenvalue weighted by molar-refractivity contribution is 5.77. The van der Waals surface area contributed by atoms with Gasteiger partial charge in [0.2, 0.25) is 0 Å². The van der Waals surface area contributed by atoms with Crippen molar-refractivity contribution in [2.24, 2.45) is 11.3 Å². The van der Waals surface area contributed by atoms with Gasteiger partial charge in [-0.15, -0.1) is 0 Å². The first-order valence-electron chi connectivity index (χ1n) is 7.43. The minimum atomic E-state index is -0.770. The standard InChI is InChI=1S/C15H17N3O4/c19-14(20)15-8-18(7-11(15)4-5-21-9-15)6-10-2-1-3-12-13(10)17-22-16-12/h1-3,11H,4-9H2,(H,19,20)/t11-,15+/m0/s1. The second-order valence-electron chi connectivity index (χ2n) is 6.22. The Balaban J connectivity index is 1.60. The molecule has 0 unspecified atom stereocenters. The fourth-order valence-corrected chi connectivity index (χ4v) is 3.75. The number of carboxylic acid groups (broad SMARTS) is 1. The minimum absolute atomic E-state index is 0.147. The van der Waals surface area contributed by atoms with E-state index in [1.807, 2.05) is 18.2 Å². The van der Waals surface area contributed by atoms with Crippen LogP contribution in [0.5, 0.6) is 0 Å². The summed E-state index contributed by atoms with van der Waals surface area (Å²) in [6, 6.07) is 5.76. The van der Waals surface area contributed by atoms with E-state index in [1.165, 1.54) is 0 Å². The lowest BCUT2D eigenvalue weighted by molar-refractivity contribution is -0.159. The number of rotatable bonds is 3. The highest BCUT2D eigenvalue weighted by atomic mass is 16.6. The van der Waals surface area contributed by atoms with Crippen molar-refractivity contribution in [1.29, 1.82) is 0 Å². The van der Waals surface area contributed by atoms with E-state index in [-0.39, 0.29) is 5.92 Å². The summed E-state index contributed by atoms with van der Waals surface area (Å²) in [5.41, 5.74) is 1.72. The van der Waals surface area contributed by atoms with Gasteiger partial charge in [-0.05, 0) is 34.3 Å². The zero-order valence-corrected chi connectivity index (χ0v) is 12.1. The second-order valence-corrected chi connectivity index (χ2v) is 6.22. The van der Waals surface area contributed by atoms with E-state index in [1.54, 1.807) is 0 Å². The maximum absolute atomic E-state index is 11.8. The van der Waals surface area contributed by atoms with Crippen molar-refractivity contribution in [3.8, 4) is 0 Å². The molecule has 2 aliphatic rings. The molecule has 0 spiro atoms. The Hall–Kier alpha value is -1.99. The third-order valence-electron chi connectivity index (χ3n) is 4.93. The Bertz CT molecular complexity index is 716. The summed E-state index contributed by atoms with van der Waals surface area (Å²) in [6.45, 7) is 2.89. The fourth-order valence-electron chi connectivity index (χ4n) is 3.75. The summed E-state index contributed by atoms with van der Waals surface area (Å²) in [5.74, 6) is -0.602. The van der Waals surface area contributed by atoms with Crippen molar-refractivity contribution in [3.05, 3.63) is 23.8 Å². The van der Waals surface area contributed by atoms with Crippen LogP contribution in [0.2, 0.25) is 0 Å². The number of hydrogen-bond donors (Lipinski definition) is 1. The molecule has 7 heteroatoms. The molecule has 0 radical (unpaired) electrons. The molecular weight excluding hydrogens is 286 g/mol. The summed E-state index contributed by atoms with van der Waals surface area (Å²) >= 11 is 0. The van der Waals surface area contributed by atoms with Gasteiger partial charge in [0.05, 0.1) is 6.61 Å². The third kappa shape index (κ3) is 2.00. The van der Waals surface area contributed by atoms with Crippen LogP contribution in [0.25, 0.3) is 11.0 Å². The summed E-state index contributed by atoms with van der Waals surface area (Å²) in [5, 5.41) is 17.5. The van der Waals surface area contributed by atoms with E-state index in [4.69, 9.17) is 9.37 Å². The van der Waals surface area contributed by atoms with Crippen LogP contribution in [0.15, 0.2) is 22.8 Å². The molecule has 2 aliphatic heterocycles. The molecule has 22 heavy (non-hydrogen) atoms. The number of aliphatic carboxylic acids is 1. The van der Waals surface area contributed by atoms with E-state index < -0.39 is 11.4 Å². The molecule has 1 N–H and O–H groups in total. The van der Waals surface area contributed by atoms with Gasteiger partial charge in [0.15, 0.2) is 0 Å². The number of likely N-dealkylation sites (tertiary alicyclic amines) is 1. The third-order valence-corrected chi connectivity index (χ3v) is 4.93. The smallest absolute Gasteiger partial charge is 0.313 e. The molecule has 2 atom stereocenters. The van der Waals surface area contributed by atoms with Crippen LogP contribution in [-0.2, 0) is 16.1 Å². The van der Waals surface area contributed by atoms with Crippen molar-refractivity contribution in [3.63, 3.8) is 0 Å². The van der Waals surface area contributed by atoms with Gasteiger partial charge in [0.25, 0.3) is 0 Å². The zero-order valence-electron chi connectivity index (χ0n) is 12.1. The number of ether oxygens (including phenoxy) is 1. The molecule has 2 saturated heterocycles. The van der Waals surface area contributed by atoms with Gasteiger partial charge in [-0.1, -0.05) is 12.1 Å². The topological polar surface area (TPSA) is 88.7 Å². The SMILES string of the molecule is O=C(O)[C@]12COCC[C@H]1CN(Cc1cccc3nonc13)C2. The van der Waals surface area contributed by atoms with Crippen LogP contribution >= 0.6 is 0 Å². The Morgan fingerprint density at radius 3 is 3.18 bits per heavy atom. The first kappa shape index (κ1) is 13.7. The Kier molecular flexibility index (Phi) is 3.12. The molecule has 0 amide bonds. The van der Waals surface area contributed by atoms with E-state index >= 15 is 0 Å². The van der Waals surface area contributed by atoms with Crippen LogP contribution < -0.4 is 0 Å². The van der Waals surface area contributed by atoms with E-state index in [9.17, 15) is 9.90 Å². The largest absolute Gasteiger partial charge is 0.481 e. The van der Waals surface area contributed by atoms with Gasteiger partial charge < -0.3 is 9.84 Å². The van der Waals surface area contributed by atoms with E-state index in [0.717, 1.165) is 29.6 Å². The van der Waals surface area contributed by atoms with Gasteiger partial charge in [-0.3, -0.25) is 9.69 Å². The molecule has 0 aliphatic carbocycles. The molecular formula is C15H17N3O4. The summed E-state index contributed by atoms with van der Waals surface area (Å²) in [7, 11) is 0. The number of aromatic nitrogens is 2. The van der Waals surface area contributed by atoms with Crippen LogP contribution in [0, 0.1) is 11.3 Å². The maximum atomic E-state index is 11.8. The van der Waals surface area contributed by atoms with Crippen LogP contribution in [0.4, 0.5) is 0 Å². The molecule has 0 bridgehead atoms. The highest BCUT2D eigenvalue weighted by Crippen LogP contribution is 2.42. The predicted molar refractivity (Wildman–Crippen MR) is 76.1 cm³/mol. The first-order valence-corrected chi connectivity index (χ1v) is 7.43. The number of carbonyl (C=O) groups is 1. The van der Waals surface area contributed by atoms with Crippen molar-refractivity contribution >= 4 is 17.0 Å². The Morgan fingerprint density at radius 1 is 1.45 bits per heavy atom. The molecule has 1 aromatic carbocycles. The number of carboxylic acids is 1. The van der Waals surface area contributed by atoms with Gasteiger partial charge in [-0.2, -0.15) is 0 Å². The van der Waals surface area contributed by atoms with Crippen molar-refractivity contribution in [1.82, 2.24) is 15.2 Å². The van der Waals surface area contributed by atoms with E-state index in [0.29, 0.717) is 26.3 Å². The monoisotopic (exact) mass is 303 g/mol. The summed E-state index contributed by atoms with van der Waals surface area (Å²) in [6.07, 6.45) is 0.804. The lowest BCUT2D eigenvalue weighted by Gasteiger charge is -2.34. The fraction of sp³-hybridized carbons (Fsp3) is 0.533. The highest BCUT2D eigenvalue weighted by Gasteiger charge is 2.53. The average Bonchev–Trinajstić information content (AvgIpc) is 3.11. The van der Waals surface area contributed by atoms with Gasteiger partial charge in [-0.25, -0.2) is 4.63 Å². The van der Waals surface area contributed by atoms with Crippen molar-refractivity contribution < 1.29 is 19.3 Å². The van der Waals surface area contributed by atoms with E-state index in [2.05, 4.69) is 15.2 Å². The zero-order chi connectivity index (χ0) is 15.2. The number of benzene rings is 1. The first-order chi connectivity index (χ1) is 10.7. The van der Waals surface area contributed by atoms with Crippen molar-refractivity contribution in [2.75, 3.05) is 26.3 Å². The number of nitrogens with zero attached hydrogens (tertiary/aromatic N) is 3. The quantitative estimate of drug-likeness (QED) is 0.909. The molecule has 0 saturated carbocycles. The number of hydrogen-bond acceptors (Lipinski definition) is 6. The second kappa shape index (κ2) is 5.03. The van der Waals surface area contributed by atoms with Crippen LogP contribution in [0.3, 0.4) is 0 Å². The lowest BCUT2D eigenvalue weighted by Crippen LogP contribution is -2.46. The van der Waals surface area contributed by atoms with Crippen LogP contribution in [0.1, 0.15) is 12.0 Å². The molecule has 2 fully saturated rings. The molecule has 1 aromatic heterocycles. The molecule has 7 nitrogen and oxygen atoms in total. The number of fused-ring (bicyclic) bond motifs is 2. The molecule has 2 aromatic rings. The Labute approximate surface area is 126 Å². The maximum Gasteiger partial charge on any atom is 0.313 e. The predicted octanol–water partition coefficient (Wildman–Crippen LogP) is 1.15. The summed E-state index contributed by atoms with van der Waals surface area (Å²) < 4.78 is 10.2. The normalized spacial score (nSPS) is 28.8. The molecule has 116 valence electrons. The Morgan fingerprint density at radius 2 is 2.36 bits per heavy atom. The minimum Gasteiger partial charge on any atom is -0.481 e.